The Bertz CT molecular complexity index is 1130. The lowest BCUT2D eigenvalue weighted by Gasteiger charge is -2.22. The van der Waals surface area contributed by atoms with E-state index in [0.29, 0.717) is 11.6 Å². The molecule has 0 radical (unpaired) electrons. The molecule has 0 fully saturated rings. The summed E-state index contributed by atoms with van der Waals surface area (Å²) in [6, 6.07) is 16.1. The van der Waals surface area contributed by atoms with Crippen LogP contribution in [0.2, 0.25) is 0 Å². The first-order chi connectivity index (χ1) is 16.5. The highest BCUT2D eigenvalue weighted by atomic mass is 16.5. The van der Waals surface area contributed by atoms with E-state index in [1.54, 1.807) is 11.8 Å². The van der Waals surface area contributed by atoms with Crippen LogP contribution in [0, 0.1) is 0 Å². The maximum absolute atomic E-state index is 12.5. The minimum Gasteiger partial charge on any atom is -0.497 e. The van der Waals surface area contributed by atoms with Crippen LogP contribution in [0.3, 0.4) is 0 Å². The van der Waals surface area contributed by atoms with Gasteiger partial charge in [0.2, 0.25) is 5.91 Å². The number of aromatic nitrogens is 3. The van der Waals surface area contributed by atoms with Gasteiger partial charge < -0.3 is 10.1 Å². The maximum atomic E-state index is 12.5. The van der Waals surface area contributed by atoms with Crippen molar-refractivity contribution in [2.75, 3.05) is 26.7 Å². The monoisotopic (exact) mass is 459 g/mol. The molecule has 1 aliphatic heterocycles. The van der Waals surface area contributed by atoms with E-state index in [9.17, 15) is 4.79 Å². The summed E-state index contributed by atoms with van der Waals surface area (Å²) in [5, 5.41) is 7.63. The molecule has 34 heavy (non-hydrogen) atoms. The van der Waals surface area contributed by atoms with E-state index in [1.807, 2.05) is 38.1 Å². The average molecular weight is 460 g/mol. The van der Waals surface area contributed by atoms with Crippen LogP contribution in [-0.2, 0) is 17.8 Å². The van der Waals surface area contributed by atoms with Crippen molar-refractivity contribution >= 4 is 5.91 Å². The zero-order chi connectivity index (χ0) is 23.9. The Morgan fingerprint density at radius 3 is 2.65 bits per heavy atom. The van der Waals surface area contributed by atoms with E-state index in [4.69, 9.17) is 14.8 Å². The van der Waals surface area contributed by atoms with Crippen molar-refractivity contribution in [3.8, 4) is 28.5 Å². The van der Waals surface area contributed by atoms with Gasteiger partial charge in [-0.2, -0.15) is 0 Å². The van der Waals surface area contributed by atoms with Crippen LogP contribution >= 0.6 is 0 Å². The summed E-state index contributed by atoms with van der Waals surface area (Å²) in [4.78, 5) is 19.8. The van der Waals surface area contributed by atoms with E-state index in [1.165, 1.54) is 5.56 Å². The van der Waals surface area contributed by atoms with Gasteiger partial charge in [-0.15, -0.1) is 5.10 Å². The second kappa shape index (κ2) is 11.1. The first-order valence-corrected chi connectivity index (χ1v) is 11.9. The zero-order valence-electron chi connectivity index (χ0n) is 20.2. The number of hydrogen-bond donors (Lipinski definition) is 1. The average Bonchev–Trinajstić information content (AvgIpc) is 3.26. The molecule has 0 atom stereocenters. The van der Waals surface area contributed by atoms with Crippen molar-refractivity contribution in [1.82, 2.24) is 25.0 Å². The smallest absolute Gasteiger partial charge is 0.242 e. The third kappa shape index (κ3) is 6.11. The molecule has 1 aromatic heterocycles. The minimum atomic E-state index is -0.0986. The topological polar surface area (TPSA) is 72.3 Å². The molecule has 0 saturated heterocycles. The number of benzene rings is 2. The highest BCUT2D eigenvalue weighted by Crippen LogP contribution is 2.26. The summed E-state index contributed by atoms with van der Waals surface area (Å²) in [5.74, 6) is 1.87. The van der Waals surface area contributed by atoms with E-state index in [2.05, 4.69) is 46.6 Å². The number of amides is 1. The van der Waals surface area contributed by atoms with Crippen LogP contribution in [-0.4, -0.2) is 58.4 Å². The van der Waals surface area contributed by atoms with Crippen molar-refractivity contribution in [3.63, 3.8) is 0 Å². The molecule has 2 heterocycles. The highest BCUT2D eigenvalue weighted by molar-refractivity contribution is 5.77. The second-order valence-electron chi connectivity index (χ2n) is 8.88. The molecule has 3 aromatic rings. The fraction of sp³-hybridized carbons (Fsp3) is 0.370. The van der Waals surface area contributed by atoms with Crippen LogP contribution in [0.1, 0.15) is 25.8 Å². The summed E-state index contributed by atoms with van der Waals surface area (Å²) < 4.78 is 7.04. The van der Waals surface area contributed by atoms with Gasteiger partial charge in [0.1, 0.15) is 12.3 Å². The molecule has 7 nitrogen and oxygen atoms in total. The molecule has 0 bridgehead atoms. The first-order valence-electron chi connectivity index (χ1n) is 11.9. The Balaban J connectivity index is 1.56. The number of carbonyl (C=O) groups is 1. The molecule has 1 aliphatic rings. The summed E-state index contributed by atoms with van der Waals surface area (Å²) >= 11 is 0. The lowest BCUT2D eigenvalue weighted by atomic mass is 10.1. The van der Waals surface area contributed by atoms with E-state index < -0.39 is 0 Å². The van der Waals surface area contributed by atoms with Crippen molar-refractivity contribution in [2.24, 2.45) is 0 Å². The molecule has 0 aliphatic carbocycles. The van der Waals surface area contributed by atoms with Gasteiger partial charge in [0.25, 0.3) is 0 Å². The molecule has 1 amide bonds. The number of nitrogens with zero attached hydrogens (tertiary/aromatic N) is 4. The predicted octanol–water partition coefficient (Wildman–Crippen LogP) is 3.95. The highest BCUT2D eigenvalue weighted by Gasteiger charge is 2.17. The first kappa shape index (κ1) is 23.7. The van der Waals surface area contributed by atoms with Crippen LogP contribution in [0.15, 0.2) is 60.7 Å². The molecule has 2 aromatic carbocycles. The Morgan fingerprint density at radius 2 is 1.94 bits per heavy atom. The molecule has 0 saturated carbocycles. The largest absolute Gasteiger partial charge is 0.497 e. The Labute approximate surface area is 201 Å². The van der Waals surface area contributed by atoms with E-state index in [0.717, 1.165) is 49.4 Å². The Morgan fingerprint density at radius 1 is 1.12 bits per heavy atom. The number of ether oxygens (including phenoxy) is 1. The number of nitrogens with one attached hydrogen (secondary N) is 1. The lowest BCUT2D eigenvalue weighted by Crippen LogP contribution is -2.33. The lowest BCUT2D eigenvalue weighted by molar-refractivity contribution is -0.122. The third-order valence-electron chi connectivity index (χ3n) is 5.81. The SMILES string of the molecule is COc1cccc(-c2nc(-c3ccc(CCN4CC=CCC4)cc3)nn2CC(=O)NC(C)C)c1. The van der Waals surface area contributed by atoms with Crippen molar-refractivity contribution < 1.29 is 9.53 Å². The maximum Gasteiger partial charge on any atom is 0.242 e. The van der Waals surface area contributed by atoms with Crippen LogP contribution in [0.5, 0.6) is 5.75 Å². The van der Waals surface area contributed by atoms with Gasteiger partial charge in [-0.25, -0.2) is 9.67 Å². The van der Waals surface area contributed by atoms with Crippen LogP contribution in [0.25, 0.3) is 22.8 Å². The van der Waals surface area contributed by atoms with Crippen molar-refractivity contribution in [1.29, 1.82) is 0 Å². The van der Waals surface area contributed by atoms with Gasteiger partial charge in [-0.3, -0.25) is 9.69 Å². The molecule has 1 N–H and O–H groups in total. The summed E-state index contributed by atoms with van der Waals surface area (Å²) in [6.07, 6.45) is 6.65. The van der Waals surface area contributed by atoms with Crippen molar-refractivity contribution in [3.05, 3.63) is 66.2 Å². The fourth-order valence-corrected chi connectivity index (χ4v) is 4.05. The van der Waals surface area contributed by atoms with Crippen molar-refractivity contribution in [2.45, 2.75) is 39.3 Å². The van der Waals surface area contributed by atoms with Gasteiger partial charge in [0, 0.05) is 36.8 Å². The van der Waals surface area contributed by atoms with Gasteiger partial charge in [-0.05, 0) is 44.4 Å². The van der Waals surface area contributed by atoms with Crippen LogP contribution < -0.4 is 10.1 Å². The van der Waals surface area contributed by atoms with Crippen LogP contribution in [0.4, 0.5) is 0 Å². The molecule has 178 valence electrons. The summed E-state index contributed by atoms with van der Waals surface area (Å²) in [6.45, 7) is 7.21. The molecular formula is C27H33N5O2. The van der Waals surface area contributed by atoms with Gasteiger partial charge >= 0.3 is 0 Å². The standard InChI is InChI=1S/C27H33N5O2/c1-20(2)28-25(33)19-32-27(23-8-7-9-24(18-23)34-3)29-26(30-32)22-12-10-21(11-13-22)14-17-31-15-5-4-6-16-31/h4-5,7-13,18,20H,6,14-17,19H2,1-3H3,(H,28,33). The molecule has 0 unspecified atom stereocenters. The quantitative estimate of drug-likeness (QED) is 0.491. The second-order valence-corrected chi connectivity index (χ2v) is 8.88. The number of hydrogen-bond acceptors (Lipinski definition) is 5. The third-order valence-corrected chi connectivity index (χ3v) is 5.81. The normalized spacial score (nSPS) is 13.9. The van der Waals surface area contributed by atoms with E-state index in [-0.39, 0.29) is 18.5 Å². The van der Waals surface area contributed by atoms with E-state index >= 15 is 0 Å². The molecule has 4 rings (SSSR count). The molecule has 0 spiro atoms. The minimum absolute atomic E-state index is 0.0595. The van der Waals surface area contributed by atoms with Gasteiger partial charge in [0.05, 0.1) is 7.11 Å². The fourth-order valence-electron chi connectivity index (χ4n) is 4.05. The number of methoxy groups -OCH3 is 1. The summed E-state index contributed by atoms with van der Waals surface area (Å²) in [7, 11) is 1.63. The Hall–Kier alpha value is -3.45. The van der Waals surface area contributed by atoms with Gasteiger partial charge in [-0.1, -0.05) is 48.6 Å². The number of carbonyl (C=O) groups excluding carboxylic acids is 1. The zero-order valence-corrected chi connectivity index (χ0v) is 20.2. The predicted molar refractivity (Wildman–Crippen MR) is 135 cm³/mol. The summed E-state index contributed by atoms with van der Waals surface area (Å²) in [5.41, 5.74) is 3.07. The number of rotatable bonds is 9. The van der Waals surface area contributed by atoms with Gasteiger partial charge in [0.15, 0.2) is 11.6 Å². The Kier molecular flexibility index (Phi) is 7.75. The molecule has 7 heteroatoms. The molecular weight excluding hydrogens is 426 g/mol.